The summed E-state index contributed by atoms with van der Waals surface area (Å²) in [6.45, 7) is 4.14. The highest BCUT2D eigenvalue weighted by molar-refractivity contribution is 9.10. The van der Waals surface area contributed by atoms with Crippen molar-refractivity contribution in [1.82, 2.24) is 5.32 Å². The molecule has 6 nitrogen and oxygen atoms in total. The van der Waals surface area contributed by atoms with Crippen molar-refractivity contribution < 1.29 is 9.34 Å². The molecule has 0 aliphatic rings. The highest BCUT2D eigenvalue weighted by Gasteiger charge is 2.08. The lowest BCUT2D eigenvalue weighted by molar-refractivity contribution is -0.384. The second-order valence-electron chi connectivity index (χ2n) is 6.13. The predicted molar refractivity (Wildman–Crippen MR) is 117 cm³/mol. The minimum Gasteiger partial charge on any atom is -0.460 e. The second kappa shape index (κ2) is 10.3. The first-order chi connectivity index (χ1) is 13.0. The first-order valence-corrected chi connectivity index (χ1v) is 9.36. The van der Waals surface area contributed by atoms with Gasteiger partial charge in [0.25, 0.3) is 5.69 Å². The maximum Gasteiger partial charge on any atom is 0.269 e. The van der Waals surface area contributed by atoms with Crippen LogP contribution in [0.1, 0.15) is 11.3 Å². The molecule has 0 saturated carbocycles. The van der Waals surface area contributed by atoms with Gasteiger partial charge < -0.3 is 15.1 Å². The Balaban J connectivity index is 0.00000280. The molecule has 0 spiro atoms. The number of nitro groups is 1. The first kappa shape index (κ1) is 21.9. The Hall–Kier alpha value is -2.35. The first-order valence-electron chi connectivity index (χ1n) is 8.57. The van der Waals surface area contributed by atoms with E-state index in [-0.39, 0.29) is 18.1 Å². The fourth-order valence-corrected chi connectivity index (χ4v) is 3.20. The molecule has 3 rings (SSSR count). The molecule has 0 fully saturated rings. The number of hydrogen-bond donors (Lipinski definition) is 2. The summed E-state index contributed by atoms with van der Waals surface area (Å²) in [5.41, 5.74) is 3.19. The topological polar surface area (TPSA) is 80.3 Å². The van der Waals surface area contributed by atoms with Crippen LogP contribution in [-0.2, 0) is 6.54 Å². The molecule has 1 heterocycles. The van der Waals surface area contributed by atoms with Crippen molar-refractivity contribution >= 4 is 39.7 Å². The fraction of sp³-hybridized carbons (Fsp3) is 0.200. The van der Waals surface area contributed by atoms with Crippen molar-refractivity contribution in [3.05, 3.63) is 80.5 Å². The van der Waals surface area contributed by atoms with E-state index in [1.807, 2.05) is 24.3 Å². The van der Waals surface area contributed by atoms with Gasteiger partial charge in [-0.2, -0.15) is 0 Å². The van der Waals surface area contributed by atoms with E-state index in [1.54, 1.807) is 12.1 Å². The van der Waals surface area contributed by atoms with Gasteiger partial charge in [0.05, 0.1) is 11.5 Å². The molecule has 0 saturated heterocycles. The zero-order valence-electron chi connectivity index (χ0n) is 15.3. The Bertz CT molecular complexity index is 929. The lowest BCUT2D eigenvalue weighted by Crippen LogP contribution is -2.21. The maximum atomic E-state index is 10.6. The minimum absolute atomic E-state index is 0. The van der Waals surface area contributed by atoms with Crippen LogP contribution in [-0.4, -0.2) is 18.0 Å². The molecule has 0 amide bonds. The molecule has 148 valence electrons. The third-order valence-corrected chi connectivity index (χ3v) is 4.62. The summed E-state index contributed by atoms with van der Waals surface area (Å²) in [4.78, 5) is 10.2. The largest absolute Gasteiger partial charge is 0.460 e. The minimum atomic E-state index is -0.404. The lowest BCUT2D eigenvalue weighted by atomic mass is 10.1. The SMILES string of the molecule is Cc1cc(Br)ccc1-c1ccc(CNCCNc2ccc([N+](=O)[O-])cc2)o1.Cl. The van der Waals surface area contributed by atoms with Crippen LogP contribution in [0.2, 0.25) is 0 Å². The number of nitrogens with zero attached hydrogens (tertiary/aromatic N) is 1. The Morgan fingerprint density at radius 3 is 2.50 bits per heavy atom. The van der Waals surface area contributed by atoms with Gasteiger partial charge in [0.1, 0.15) is 11.5 Å². The molecule has 2 aromatic carbocycles. The Labute approximate surface area is 178 Å². The number of rotatable bonds is 8. The van der Waals surface area contributed by atoms with E-state index in [9.17, 15) is 10.1 Å². The summed E-state index contributed by atoms with van der Waals surface area (Å²) < 4.78 is 6.98. The zero-order chi connectivity index (χ0) is 19.2. The maximum absolute atomic E-state index is 10.6. The van der Waals surface area contributed by atoms with Crippen LogP contribution >= 0.6 is 28.3 Å². The summed E-state index contributed by atoms with van der Waals surface area (Å²) in [5.74, 6) is 1.74. The van der Waals surface area contributed by atoms with Crippen molar-refractivity contribution in [3.63, 3.8) is 0 Å². The fourth-order valence-electron chi connectivity index (χ4n) is 2.73. The molecule has 0 aliphatic heterocycles. The van der Waals surface area contributed by atoms with E-state index in [4.69, 9.17) is 4.42 Å². The van der Waals surface area contributed by atoms with Gasteiger partial charge in [-0.25, -0.2) is 0 Å². The van der Waals surface area contributed by atoms with E-state index in [2.05, 4.69) is 39.6 Å². The highest BCUT2D eigenvalue weighted by Crippen LogP contribution is 2.27. The summed E-state index contributed by atoms with van der Waals surface area (Å²) in [6, 6.07) is 16.5. The number of anilines is 1. The Morgan fingerprint density at radius 1 is 1.07 bits per heavy atom. The number of hydrogen-bond acceptors (Lipinski definition) is 5. The highest BCUT2D eigenvalue weighted by atomic mass is 79.9. The summed E-state index contributed by atoms with van der Waals surface area (Å²) in [6.07, 6.45) is 0. The van der Waals surface area contributed by atoms with Gasteiger partial charge in [0.15, 0.2) is 0 Å². The van der Waals surface area contributed by atoms with Crippen LogP contribution in [0.4, 0.5) is 11.4 Å². The van der Waals surface area contributed by atoms with E-state index in [0.29, 0.717) is 13.1 Å². The average Bonchev–Trinajstić information content (AvgIpc) is 3.10. The van der Waals surface area contributed by atoms with Crippen molar-refractivity contribution in [1.29, 1.82) is 0 Å². The number of aryl methyl sites for hydroxylation is 1. The average molecular weight is 467 g/mol. The zero-order valence-corrected chi connectivity index (χ0v) is 17.7. The van der Waals surface area contributed by atoms with E-state index in [1.165, 1.54) is 12.1 Å². The van der Waals surface area contributed by atoms with Crippen molar-refractivity contribution in [3.8, 4) is 11.3 Å². The molecule has 0 unspecified atom stereocenters. The van der Waals surface area contributed by atoms with Crippen LogP contribution in [0.5, 0.6) is 0 Å². The number of halogens is 2. The van der Waals surface area contributed by atoms with Crippen molar-refractivity contribution in [2.24, 2.45) is 0 Å². The normalized spacial score (nSPS) is 10.4. The molecule has 1 aromatic heterocycles. The van der Waals surface area contributed by atoms with Gasteiger partial charge in [0.2, 0.25) is 0 Å². The summed E-state index contributed by atoms with van der Waals surface area (Å²) in [5, 5.41) is 17.2. The van der Waals surface area contributed by atoms with Crippen LogP contribution in [0, 0.1) is 17.0 Å². The smallest absolute Gasteiger partial charge is 0.269 e. The van der Waals surface area contributed by atoms with Gasteiger partial charge in [0, 0.05) is 40.9 Å². The van der Waals surface area contributed by atoms with Crippen LogP contribution < -0.4 is 10.6 Å². The second-order valence-corrected chi connectivity index (χ2v) is 7.05. The van der Waals surface area contributed by atoms with E-state index >= 15 is 0 Å². The van der Waals surface area contributed by atoms with Crippen LogP contribution in [0.15, 0.2) is 63.5 Å². The number of non-ortho nitro benzene ring substituents is 1. The van der Waals surface area contributed by atoms with Gasteiger partial charge >= 0.3 is 0 Å². The van der Waals surface area contributed by atoms with Crippen molar-refractivity contribution in [2.45, 2.75) is 13.5 Å². The Kier molecular flexibility index (Phi) is 8.04. The quantitative estimate of drug-likeness (QED) is 0.258. The van der Waals surface area contributed by atoms with E-state index in [0.717, 1.165) is 39.4 Å². The van der Waals surface area contributed by atoms with E-state index < -0.39 is 4.92 Å². The lowest BCUT2D eigenvalue weighted by Gasteiger charge is -2.07. The molecule has 2 N–H and O–H groups in total. The third kappa shape index (κ3) is 5.82. The van der Waals surface area contributed by atoms with Gasteiger partial charge in [-0.3, -0.25) is 10.1 Å². The molecule has 28 heavy (non-hydrogen) atoms. The van der Waals surface area contributed by atoms with Gasteiger partial charge in [-0.15, -0.1) is 12.4 Å². The standard InChI is InChI=1S/C20H20BrN3O3.ClH/c1-14-12-15(21)2-8-19(14)20-9-7-18(27-20)13-22-10-11-23-16-3-5-17(6-4-16)24(25)26;/h2-9,12,22-23H,10-11,13H2,1H3;1H. The monoisotopic (exact) mass is 465 g/mol. The molecule has 0 aliphatic carbocycles. The van der Waals surface area contributed by atoms with Gasteiger partial charge in [-0.05, 0) is 55.0 Å². The number of furan rings is 1. The molecular weight excluding hydrogens is 446 g/mol. The molecule has 3 aromatic rings. The molecule has 8 heteroatoms. The molecular formula is C20H21BrClN3O3. The number of nitro benzene ring substituents is 1. The number of nitrogens with one attached hydrogen (secondary N) is 2. The molecule has 0 atom stereocenters. The summed E-state index contributed by atoms with van der Waals surface area (Å²) >= 11 is 3.47. The van der Waals surface area contributed by atoms with Gasteiger partial charge in [-0.1, -0.05) is 15.9 Å². The third-order valence-electron chi connectivity index (χ3n) is 4.12. The summed E-state index contributed by atoms with van der Waals surface area (Å²) in [7, 11) is 0. The van der Waals surface area contributed by atoms with Crippen LogP contribution in [0.25, 0.3) is 11.3 Å². The number of benzene rings is 2. The Morgan fingerprint density at radius 2 is 1.82 bits per heavy atom. The van der Waals surface area contributed by atoms with Crippen molar-refractivity contribution in [2.75, 3.05) is 18.4 Å². The molecule has 0 bridgehead atoms. The predicted octanol–water partition coefficient (Wildman–Crippen LogP) is 5.55. The van der Waals surface area contributed by atoms with Crippen LogP contribution in [0.3, 0.4) is 0 Å². The molecule has 0 radical (unpaired) electrons.